The molecule has 0 aliphatic rings. The zero-order valence-electron chi connectivity index (χ0n) is 26.8. The molecule has 0 heterocycles. The summed E-state index contributed by atoms with van der Waals surface area (Å²) in [7, 11) is 0. The molecule has 0 radical (unpaired) electrons. The fourth-order valence-electron chi connectivity index (χ4n) is 5.05. The molecule has 0 aromatic rings. The average Bonchev–Trinajstić information content (AvgIpc) is 2.95. The molecule has 40 heavy (non-hydrogen) atoms. The van der Waals surface area contributed by atoms with Gasteiger partial charge in [0.1, 0.15) is 0 Å². The molecule has 0 fully saturated rings. The molecule has 6 nitrogen and oxygen atoms in total. The first-order valence-corrected chi connectivity index (χ1v) is 17.3. The summed E-state index contributed by atoms with van der Waals surface area (Å²) in [5, 5.41) is 36.7. The van der Waals surface area contributed by atoms with Gasteiger partial charge in [-0.3, -0.25) is 4.79 Å². The smallest absolute Gasteiger partial charge is 0.303 e. The molecular weight excluding hydrogens is 502 g/mol. The monoisotopic (exact) mass is 574 g/mol. The van der Waals surface area contributed by atoms with Gasteiger partial charge >= 0.3 is 5.97 Å². The maximum Gasteiger partial charge on any atom is 0.303 e. The van der Waals surface area contributed by atoms with Crippen LogP contribution in [0.3, 0.4) is 0 Å². The zero-order valence-corrected chi connectivity index (χ0v) is 26.8. The van der Waals surface area contributed by atoms with Crippen molar-refractivity contribution in [2.45, 2.75) is 205 Å². The van der Waals surface area contributed by atoms with Crippen molar-refractivity contribution in [3.8, 4) is 0 Å². The van der Waals surface area contributed by atoms with E-state index in [0.29, 0.717) is 12.8 Å². The Kier molecular flexibility index (Phi) is 35.8. The number of carboxylic acid groups (broad SMARTS) is 1. The van der Waals surface area contributed by atoms with Crippen LogP contribution in [0.5, 0.6) is 0 Å². The number of unbranched alkanes of at least 4 members (excludes halogenated alkanes) is 23. The maximum absolute atomic E-state index is 10.3. The highest BCUT2D eigenvalue weighted by Gasteiger charge is 2.22. The Hall–Kier alpha value is -0.690. The Bertz CT molecular complexity index is 491. The lowest BCUT2D eigenvalue weighted by molar-refractivity contribution is -0.137. The number of hydrogen-bond acceptors (Lipinski definition) is 5. The zero-order chi connectivity index (χ0) is 30.1. The van der Waals surface area contributed by atoms with Crippen LogP contribution in [0.15, 0.2) is 0 Å². The van der Waals surface area contributed by atoms with E-state index < -0.39 is 24.2 Å². The van der Waals surface area contributed by atoms with Crippen molar-refractivity contribution in [1.29, 1.82) is 0 Å². The number of carbonyl (C=O) groups is 1. The van der Waals surface area contributed by atoms with Crippen LogP contribution >= 0.6 is 0 Å². The van der Waals surface area contributed by atoms with Crippen molar-refractivity contribution in [2.24, 2.45) is 5.73 Å². The van der Waals surface area contributed by atoms with Crippen molar-refractivity contribution < 1.29 is 25.2 Å². The molecule has 0 aliphatic carbocycles. The molecule has 0 spiro atoms. The Morgan fingerprint density at radius 1 is 0.550 bits per heavy atom. The Morgan fingerprint density at radius 3 is 1.15 bits per heavy atom. The molecule has 3 unspecified atom stereocenters. The van der Waals surface area contributed by atoms with E-state index in [2.05, 4.69) is 13.8 Å². The SMILES string of the molecule is CCCCCCCCCCCCCCC(O)C(O)C(N)CO.CCCCCCCCCCCCCCCC(=O)O. The van der Waals surface area contributed by atoms with Crippen LogP contribution in [0, 0.1) is 0 Å². The molecule has 6 N–H and O–H groups in total. The van der Waals surface area contributed by atoms with Gasteiger partial charge < -0.3 is 26.2 Å². The number of rotatable bonds is 30. The van der Waals surface area contributed by atoms with E-state index in [-0.39, 0.29) is 6.61 Å². The third-order valence-corrected chi connectivity index (χ3v) is 7.89. The van der Waals surface area contributed by atoms with Gasteiger partial charge in [-0.1, -0.05) is 168 Å². The van der Waals surface area contributed by atoms with Crippen LogP contribution in [0.25, 0.3) is 0 Å². The van der Waals surface area contributed by atoms with Crippen molar-refractivity contribution in [3.05, 3.63) is 0 Å². The van der Waals surface area contributed by atoms with Gasteiger partial charge in [-0.15, -0.1) is 0 Å². The minimum atomic E-state index is -1.02. The molecule has 0 aliphatic heterocycles. The topological polar surface area (TPSA) is 124 Å². The van der Waals surface area contributed by atoms with E-state index in [1.54, 1.807) is 0 Å². The highest BCUT2D eigenvalue weighted by Crippen LogP contribution is 2.15. The van der Waals surface area contributed by atoms with E-state index in [9.17, 15) is 15.0 Å². The van der Waals surface area contributed by atoms with Gasteiger partial charge in [-0.2, -0.15) is 0 Å². The Labute approximate surface area is 248 Å². The second kappa shape index (κ2) is 34.5. The molecule has 0 amide bonds. The van der Waals surface area contributed by atoms with Gasteiger partial charge in [-0.05, 0) is 12.8 Å². The lowest BCUT2D eigenvalue weighted by Gasteiger charge is -2.22. The minimum Gasteiger partial charge on any atom is -0.481 e. The van der Waals surface area contributed by atoms with Crippen molar-refractivity contribution in [1.82, 2.24) is 0 Å². The molecule has 0 saturated heterocycles. The van der Waals surface area contributed by atoms with Crippen molar-refractivity contribution >= 4 is 5.97 Å². The first kappa shape index (κ1) is 41.4. The van der Waals surface area contributed by atoms with E-state index in [4.69, 9.17) is 15.9 Å². The average molecular weight is 574 g/mol. The quantitative estimate of drug-likeness (QED) is 0.0548. The number of aliphatic hydroxyl groups is 3. The fourth-order valence-corrected chi connectivity index (χ4v) is 5.05. The molecular formula is C34H71NO5. The molecule has 3 atom stereocenters. The summed E-state index contributed by atoms with van der Waals surface area (Å²) >= 11 is 0. The van der Waals surface area contributed by atoms with Gasteiger partial charge in [0.05, 0.1) is 24.9 Å². The molecule has 0 bridgehead atoms. The molecule has 0 aromatic carbocycles. The molecule has 242 valence electrons. The van der Waals surface area contributed by atoms with Crippen LogP contribution in [-0.4, -0.2) is 51.3 Å². The Morgan fingerprint density at radius 2 is 0.850 bits per heavy atom. The molecule has 0 rings (SSSR count). The maximum atomic E-state index is 10.3. The normalized spacial score (nSPS) is 13.4. The molecule has 0 saturated carbocycles. The minimum absolute atomic E-state index is 0.295. The summed E-state index contributed by atoms with van der Waals surface area (Å²) in [6.07, 6.45) is 31.4. The van der Waals surface area contributed by atoms with Gasteiger partial charge in [0.15, 0.2) is 0 Å². The van der Waals surface area contributed by atoms with Crippen LogP contribution < -0.4 is 5.73 Å². The van der Waals surface area contributed by atoms with Crippen LogP contribution in [0.4, 0.5) is 0 Å². The first-order valence-electron chi connectivity index (χ1n) is 17.3. The van der Waals surface area contributed by atoms with Crippen molar-refractivity contribution in [3.63, 3.8) is 0 Å². The molecule has 6 heteroatoms. The number of carboxylic acids is 1. The summed E-state index contributed by atoms with van der Waals surface area (Å²) < 4.78 is 0. The van der Waals surface area contributed by atoms with Gasteiger partial charge in [0.2, 0.25) is 0 Å². The van der Waals surface area contributed by atoms with Gasteiger partial charge in [0.25, 0.3) is 0 Å². The first-order chi connectivity index (χ1) is 19.4. The summed E-state index contributed by atoms with van der Waals surface area (Å²) in [5.41, 5.74) is 5.49. The van der Waals surface area contributed by atoms with Crippen LogP contribution in [0.2, 0.25) is 0 Å². The van der Waals surface area contributed by atoms with E-state index in [1.165, 1.54) is 135 Å². The highest BCUT2D eigenvalue weighted by molar-refractivity contribution is 5.66. The van der Waals surface area contributed by atoms with E-state index in [0.717, 1.165) is 25.7 Å². The molecule has 0 aromatic heterocycles. The fraction of sp³-hybridized carbons (Fsp3) is 0.971. The van der Waals surface area contributed by atoms with Gasteiger partial charge in [-0.25, -0.2) is 0 Å². The largest absolute Gasteiger partial charge is 0.481 e. The van der Waals surface area contributed by atoms with Crippen LogP contribution in [-0.2, 0) is 4.79 Å². The van der Waals surface area contributed by atoms with E-state index in [1.807, 2.05) is 0 Å². The van der Waals surface area contributed by atoms with Crippen LogP contribution in [0.1, 0.15) is 187 Å². The number of aliphatic carboxylic acids is 1. The summed E-state index contributed by atoms with van der Waals surface area (Å²) in [6.45, 7) is 4.22. The third kappa shape index (κ3) is 33.5. The lowest BCUT2D eigenvalue weighted by atomic mass is 10.00. The number of nitrogens with two attached hydrogens (primary N) is 1. The third-order valence-electron chi connectivity index (χ3n) is 7.89. The van der Waals surface area contributed by atoms with E-state index >= 15 is 0 Å². The van der Waals surface area contributed by atoms with Gasteiger partial charge in [0, 0.05) is 6.42 Å². The standard InChI is InChI=1S/C18H39NO3.C16H32O2/c1-2-3-4-5-6-7-8-9-10-11-12-13-14-17(21)18(22)16(19)15-20;1-2-3-4-5-6-7-8-9-10-11-12-13-14-15-16(17)18/h16-18,20-22H,2-15,19H2,1H3;2-15H2,1H3,(H,17,18). The number of hydrogen-bond donors (Lipinski definition) is 5. The highest BCUT2D eigenvalue weighted by atomic mass is 16.4. The second-order valence-corrected chi connectivity index (χ2v) is 12.0. The number of aliphatic hydroxyl groups excluding tert-OH is 3. The lowest BCUT2D eigenvalue weighted by Crippen LogP contribution is -2.45. The summed E-state index contributed by atoms with van der Waals surface area (Å²) in [4.78, 5) is 10.3. The van der Waals surface area contributed by atoms with Crippen molar-refractivity contribution in [2.75, 3.05) is 6.61 Å². The summed E-state index contributed by atoms with van der Waals surface area (Å²) in [5.74, 6) is -0.655. The second-order valence-electron chi connectivity index (χ2n) is 12.0. The predicted octanol–water partition coefficient (Wildman–Crippen LogP) is 8.67. The predicted molar refractivity (Wildman–Crippen MR) is 171 cm³/mol. The summed E-state index contributed by atoms with van der Waals surface area (Å²) in [6, 6.07) is -0.743. The Balaban J connectivity index is 0.